The van der Waals surface area contributed by atoms with Crippen LogP contribution in [0, 0.1) is 10.1 Å². The van der Waals surface area contributed by atoms with Crippen LogP contribution < -0.4 is 0 Å². The van der Waals surface area contributed by atoms with Gasteiger partial charge in [-0.05, 0) is 56.1 Å². The van der Waals surface area contributed by atoms with Gasteiger partial charge in [-0.15, -0.1) is 0 Å². The molecule has 0 saturated carbocycles. The topological polar surface area (TPSA) is 94.9 Å². The van der Waals surface area contributed by atoms with Crippen LogP contribution in [0.3, 0.4) is 0 Å². The molecule has 3 aromatic rings. The van der Waals surface area contributed by atoms with Crippen molar-refractivity contribution in [2.75, 3.05) is 0 Å². The number of ether oxygens (including phenoxy) is 1. The molecule has 0 atom stereocenters. The number of nitro groups is 1. The first kappa shape index (κ1) is 19.3. The summed E-state index contributed by atoms with van der Waals surface area (Å²) in [6.45, 7) is 0. The average Bonchev–Trinajstić information content (AvgIpc) is 3.29. The normalized spacial score (nSPS) is 14.8. The number of aliphatic imine (C=N–C) groups is 1. The summed E-state index contributed by atoms with van der Waals surface area (Å²) in [4.78, 5) is 26.9. The number of cyclic esters (lactones) is 1. The van der Waals surface area contributed by atoms with E-state index in [1.807, 2.05) is 18.2 Å². The van der Waals surface area contributed by atoms with E-state index in [0.717, 1.165) is 0 Å². The van der Waals surface area contributed by atoms with E-state index in [2.05, 4.69) is 36.9 Å². The number of hydrogen-bond acceptors (Lipinski definition) is 6. The summed E-state index contributed by atoms with van der Waals surface area (Å²) < 4.78 is 12.0. The molecule has 0 fully saturated rings. The van der Waals surface area contributed by atoms with Gasteiger partial charge in [0.05, 0.1) is 4.92 Å². The lowest BCUT2D eigenvalue weighted by molar-refractivity contribution is -0.385. The molecule has 1 aromatic heterocycles. The molecule has 1 aliphatic heterocycles. The Kier molecular flexibility index (Phi) is 5.16. The summed E-state index contributed by atoms with van der Waals surface area (Å²) in [7, 11) is 0. The molecule has 4 rings (SSSR count). The molecule has 144 valence electrons. The molecule has 0 aliphatic carbocycles. The standard InChI is InChI=1S/C20H10Br2N2O5/c21-14-8-12(24(26)27)9-15(22)18(14)17-7-6-13(28-17)10-16-20(25)29-19(23-16)11-4-2-1-3-5-11/h1-10H/b16-10+. The Morgan fingerprint density at radius 1 is 1.03 bits per heavy atom. The first-order valence-electron chi connectivity index (χ1n) is 8.24. The zero-order valence-electron chi connectivity index (χ0n) is 14.5. The molecule has 2 aromatic carbocycles. The molecule has 9 heteroatoms. The van der Waals surface area contributed by atoms with Crippen molar-refractivity contribution in [1.29, 1.82) is 0 Å². The van der Waals surface area contributed by atoms with E-state index in [1.54, 1.807) is 24.3 Å². The summed E-state index contributed by atoms with van der Waals surface area (Å²) in [5.74, 6) is 0.514. The van der Waals surface area contributed by atoms with Crippen LogP contribution in [0.4, 0.5) is 5.69 Å². The summed E-state index contributed by atoms with van der Waals surface area (Å²) in [6.07, 6.45) is 1.48. The van der Waals surface area contributed by atoms with Crippen molar-refractivity contribution in [2.24, 2.45) is 4.99 Å². The van der Waals surface area contributed by atoms with E-state index in [4.69, 9.17) is 9.15 Å². The smallest absolute Gasteiger partial charge is 0.363 e. The zero-order valence-corrected chi connectivity index (χ0v) is 17.6. The number of furan rings is 1. The third-order valence-electron chi connectivity index (χ3n) is 4.03. The predicted molar refractivity (Wildman–Crippen MR) is 113 cm³/mol. The van der Waals surface area contributed by atoms with Gasteiger partial charge in [-0.1, -0.05) is 18.2 Å². The van der Waals surface area contributed by atoms with Crippen LogP contribution in [0.2, 0.25) is 0 Å². The van der Waals surface area contributed by atoms with E-state index in [1.165, 1.54) is 18.2 Å². The van der Waals surface area contributed by atoms with Gasteiger partial charge in [-0.2, -0.15) is 0 Å². The van der Waals surface area contributed by atoms with Crippen LogP contribution in [0.25, 0.3) is 17.4 Å². The minimum Gasteiger partial charge on any atom is -0.457 e. The lowest BCUT2D eigenvalue weighted by Gasteiger charge is -2.04. The van der Waals surface area contributed by atoms with Gasteiger partial charge in [0.2, 0.25) is 5.90 Å². The van der Waals surface area contributed by atoms with Gasteiger partial charge >= 0.3 is 5.97 Å². The maximum Gasteiger partial charge on any atom is 0.363 e. The van der Waals surface area contributed by atoms with Crippen molar-refractivity contribution < 1.29 is 18.9 Å². The molecule has 2 heterocycles. The second kappa shape index (κ2) is 7.76. The van der Waals surface area contributed by atoms with Gasteiger partial charge in [0.25, 0.3) is 5.69 Å². The van der Waals surface area contributed by atoms with Gasteiger partial charge in [-0.3, -0.25) is 10.1 Å². The fourth-order valence-corrected chi connectivity index (χ4v) is 4.27. The van der Waals surface area contributed by atoms with Gasteiger partial charge in [0, 0.05) is 38.3 Å². The van der Waals surface area contributed by atoms with E-state index < -0.39 is 10.9 Å². The van der Waals surface area contributed by atoms with Crippen LogP contribution in [-0.2, 0) is 9.53 Å². The van der Waals surface area contributed by atoms with E-state index >= 15 is 0 Å². The van der Waals surface area contributed by atoms with Crippen LogP contribution in [0.5, 0.6) is 0 Å². The SMILES string of the molecule is O=C1OC(c2ccccc2)=N/C1=C/c1ccc(-c2c(Br)cc([N+](=O)[O-])cc2Br)o1. The summed E-state index contributed by atoms with van der Waals surface area (Å²) in [5.41, 5.74) is 1.37. The third-order valence-corrected chi connectivity index (χ3v) is 5.28. The van der Waals surface area contributed by atoms with Crippen LogP contribution in [0.1, 0.15) is 11.3 Å². The van der Waals surface area contributed by atoms with Crippen LogP contribution in [0.15, 0.2) is 78.6 Å². The Hall–Kier alpha value is -3.04. The van der Waals surface area contributed by atoms with Crippen molar-refractivity contribution in [3.63, 3.8) is 0 Å². The number of nitro benzene ring substituents is 1. The first-order valence-corrected chi connectivity index (χ1v) is 9.82. The van der Waals surface area contributed by atoms with Crippen LogP contribution >= 0.6 is 31.9 Å². The Morgan fingerprint density at radius 2 is 1.72 bits per heavy atom. The van der Waals surface area contributed by atoms with Gasteiger partial charge in [-0.25, -0.2) is 9.79 Å². The molecule has 0 N–H and O–H groups in total. The maximum atomic E-state index is 12.1. The highest BCUT2D eigenvalue weighted by atomic mass is 79.9. The molecule has 29 heavy (non-hydrogen) atoms. The number of nitrogens with zero attached hydrogens (tertiary/aromatic N) is 2. The lowest BCUT2D eigenvalue weighted by Crippen LogP contribution is -2.04. The number of non-ortho nitro benzene ring substituents is 1. The molecular formula is C20H10Br2N2O5. The molecule has 0 amide bonds. The molecule has 7 nitrogen and oxygen atoms in total. The van der Waals surface area contributed by atoms with Gasteiger partial charge < -0.3 is 9.15 Å². The minimum atomic E-state index is -0.570. The molecule has 0 saturated heterocycles. The Bertz CT molecular complexity index is 1180. The number of halogens is 2. The minimum absolute atomic E-state index is 0.0575. The molecule has 0 bridgehead atoms. The zero-order chi connectivity index (χ0) is 20.5. The van der Waals surface area contributed by atoms with Crippen molar-refractivity contribution >= 4 is 55.5 Å². The highest BCUT2D eigenvalue weighted by Gasteiger charge is 2.25. The lowest BCUT2D eigenvalue weighted by atomic mass is 10.1. The summed E-state index contributed by atoms with van der Waals surface area (Å²) >= 11 is 6.68. The second-order valence-corrected chi connectivity index (χ2v) is 7.65. The number of rotatable bonds is 4. The largest absolute Gasteiger partial charge is 0.457 e. The van der Waals surface area contributed by atoms with E-state index in [0.29, 0.717) is 31.6 Å². The molecule has 0 radical (unpaired) electrons. The highest BCUT2D eigenvalue weighted by Crippen LogP contribution is 2.39. The van der Waals surface area contributed by atoms with Gasteiger partial charge in [0.15, 0.2) is 5.70 Å². The molecule has 1 aliphatic rings. The maximum absolute atomic E-state index is 12.1. The Balaban J connectivity index is 1.66. The van der Waals surface area contributed by atoms with E-state index in [9.17, 15) is 14.9 Å². The quantitative estimate of drug-likeness (QED) is 0.191. The number of hydrogen-bond donors (Lipinski definition) is 0. The molecular weight excluding hydrogens is 508 g/mol. The van der Waals surface area contributed by atoms with E-state index in [-0.39, 0.29) is 17.3 Å². The molecule has 0 spiro atoms. The average molecular weight is 518 g/mol. The van der Waals surface area contributed by atoms with Gasteiger partial charge in [0.1, 0.15) is 11.5 Å². The van der Waals surface area contributed by atoms with Crippen molar-refractivity contribution in [1.82, 2.24) is 0 Å². The summed E-state index contributed by atoms with van der Waals surface area (Å²) in [5, 5.41) is 11.0. The molecule has 0 unspecified atom stereocenters. The predicted octanol–water partition coefficient (Wildman–Crippen LogP) is 5.72. The number of carbonyl (C=O) groups is 1. The van der Waals surface area contributed by atoms with Crippen molar-refractivity contribution in [2.45, 2.75) is 0 Å². The second-order valence-electron chi connectivity index (χ2n) is 5.95. The van der Waals surface area contributed by atoms with Crippen molar-refractivity contribution in [3.05, 3.63) is 90.7 Å². The Morgan fingerprint density at radius 3 is 2.38 bits per heavy atom. The van der Waals surface area contributed by atoms with Crippen molar-refractivity contribution in [3.8, 4) is 11.3 Å². The monoisotopic (exact) mass is 516 g/mol. The number of benzene rings is 2. The fourth-order valence-electron chi connectivity index (χ4n) is 2.71. The highest BCUT2D eigenvalue weighted by molar-refractivity contribution is 9.11. The third kappa shape index (κ3) is 3.92. The fraction of sp³-hybridized carbons (Fsp3) is 0. The van der Waals surface area contributed by atoms with Crippen LogP contribution in [-0.4, -0.2) is 16.8 Å². The number of carbonyl (C=O) groups excluding carboxylic acids is 1. The first-order chi connectivity index (χ1) is 13.9. The Labute approximate surface area is 181 Å². The number of esters is 1. The summed E-state index contributed by atoms with van der Waals surface area (Å²) in [6, 6.07) is 15.3.